The smallest absolute Gasteiger partial charge is 0.163 e. The van der Waals surface area contributed by atoms with E-state index in [2.05, 4.69) is 13.8 Å². The lowest BCUT2D eigenvalue weighted by atomic mass is 10.0. The molecule has 2 aromatic carbocycles. The van der Waals surface area contributed by atoms with E-state index in [1.807, 2.05) is 13.8 Å². The van der Waals surface area contributed by atoms with Gasteiger partial charge in [0.05, 0.1) is 11.6 Å². The lowest BCUT2D eigenvalue weighted by Crippen LogP contribution is -2.30. The van der Waals surface area contributed by atoms with Crippen molar-refractivity contribution in [3.63, 3.8) is 0 Å². The van der Waals surface area contributed by atoms with Crippen molar-refractivity contribution in [1.29, 1.82) is 0 Å². The molecule has 0 radical (unpaired) electrons. The lowest BCUT2D eigenvalue weighted by molar-refractivity contribution is -0.118. The zero-order chi connectivity index (χ0) is 23.0. The van der Waals surface area contributed by atoms with Gasteiger partial charge in [-0.3, -0.25) is 9.59 Å². The third-order valence-electron chi connectivity index (χ3n) is 3.31. The topological polar surface area (TPSA) is 127 Å². The summed E-state index contributed by atoms with van der Waals surface area (Å²) in [5, 5.41) is 18.1. The maximum Gasteiger partial charge on any atom is 0.163 e. The van der Waals surface area contributed by atoms with E-state index in [0.717, 1.165) is 5.56 Å². The van der Waals surface area contributed by atoms with Crippen molar-refractivity contribution >= 4 is 17.3 Å². The normalized spacial score (nSPS) is 10.0. The quantitative estimate of drug-likeness (QED) is 0.338. The Morgan fingerprint density at radius 1 is 0.966 bits per heavy atom. The van der Waals surface area contributed by atoms with E-state index in [1.54, 1.807) is 30.3 Å². The van der Waals surface area contributed by atoms with Gasteiger partial charge in [0, 0.05) is 5.69 Å². The fraction of sp³-hybridized carbons (Fsp3) is 0.391. The van der Waals surface area contributed by atoms with Crippen LogP contribution in [0.2, 0.25) is 0 Å². The molecule has 0 bridgehead atoms. The molecule has 0 saturated carbocycles. The number of carbonyl (C=O) groups is 2. The minimum absolute atomic E-state index is 0.0203. The molecule has 2 rings (SSSR count). The Labute approximate surface area is 174 Å². The SMILES string of the molecule is CC.CC(=O)[C@@H](N)Cc1ccc(O)cc1.CC(=O)c1cc(N)ccc1O.CCC. The van der Waals surface area contributed by atoms with Gasteiger partial charge in [-0.2, -0.15) is 0 Å². The molecule has 0 saturated heterocycles. The second kappa shape index (κ2) is 16.1. The first-order chi connectivity index (χ1) is 13.6. The van der Waals surface area contributed by atoms with Crippen LogP contribution < -0.4 is 11.5 Å². The molecule has 0 amide bonds. The van der Waals surface area contributed by atoms with Crippen LogP contribution in [0.5, 0.6) is 11.5 Å². The molecule has 162 valence electrons. The number of aromatic hydroxyl groups is 2. The van der Waals surface area contributed by atoms with Crippen molar-refractivity contribution in [1.82, 2.24) is 0 Å². The zero-order valence-electron chi connectivity index (χ0n) is 18.4. The highest BCUT2D eigenvalue weighted by atomic mass is 16.3. The Hall–Kier alpha value is -2.86. The van der Waals surface area contributed by atoms with Crippen molar-refractivity contribution in [3.05, 3.63) is 53.6 Å². The van der Waals surface area contributed by atoms with E-state index in [-0.39, 0.29) is 28.6 Å². The van der Waals surface area contributed by atoms with E-state index >= 15 is 0 Å². The Balaban J connectivity index is 0. The van der Waals surface area contributed by atoms with Crippen molar-refractivity contribution in [3.8, 4) is 11.5 Å². The van der Waals surface area contributed by atoms with E-state index in [0.29, 0.717) is 12.1 Å². The van der Waals surface area contributed by atoms with Crippen LogP contribution in [0, 0.1) is 0 Å². The van der Waals surface area contributed by atoms with Gasteiger partial charge in [0.1, 0.15) is 17.3 Å². The number of hydrogen-bond acceptors (Lipinski definition) is 6. The second-order valence-corrected chi connectivity index (χ2v) is 6.13. The van der Waals surface area contributed by atoms with Gasteiger partial charge in [-0.05, 0) is 56.2 Å². The summed E-state index contributed by atoms with van der Waals surface area (Å²) in [5.41, 5.74) is 12.7. The van der Waals surface area contributed by atoms with Crippen LogP contribution in [0.25, 0.3) is 0 Å². The summed E-state index contributed by atoms with van der Waals surface area (Å²) < 4.78 is 0. The number of hydrogen-bond donors (Lipinski definition) is 4. The van der Waals surface area contributed by atoms with Crippen molar-refractivity contribution in [2.45, 2.75) is 60.4 Å². The molecule has 0 aliphatic heterocycles. The van der Waals surface area contributed by atoms with Crippen molar-refractivity contribution < 1.29 is 19.8 Å². The number of phenols is 2. The maximum absolute atomic E-state index is 10.8. The Kier molecular flexibility index (Phi) is 15.8. The van der Waals surface area contributed by atoms with E-state index in [4.69, 9.17) is 21.7 Å². The summed E-state index contributed by atoms with van der Waals surface area (Å²) in [6.07, 6.45) is 1.77. The highest BCUT2D eigenvalue weighted by molar-refractivity contribution is 5.97. The largest absolute Gasteiger partial charge is 0.508 e. The number of ketones is 2. The molecule has 1 atom stereocenters. The number of rotatable bonds is 4. The van der Waals surface area contributed by atoms with Crippen LogP contribution in [0.15, 0.2) is 42.5 Å². The van der Waals surface area contributed by atoms with Crippen LogP contribution >= 0.6 is 0 Å². The molecule has 0 aliphatic rings. The summed E-state index contributed by atoms with van der Waals surface area (Å²) in [4.78, 5) is 21.6. The van der Waals surface area contributed by atoms with Crippen LogP contribution in [0.1, 0.15) is 63.9 Å². The van der Waals surface area contributed by atoms with Gasteiger partial charge in [-0.25, -0.2) is 0 Å². The van der Waals surface area contributed by atoms with Crippen molar-refractivity contribution in [2.24, 2.45) is 5.73 Å². The maximum atomic E-state index is 10.8. The summed E-state index contributed by atoms with van der Waals surface area (Å²) in [7, 11) is 0. The average Bonchev–Trinajstić information content (AvgIpc) is 2.68. The number of benzene rings is 2. The van der Waals surface area contributed by atoms with Crippen LogP contribution in [-0.2, 0) is 11.2 Å². The molecular formula is C23H36N2O4. The van der Waals surface area contributed by atoms with E-state index in [9.17, 15) is 9.59 Å². The standard InChI is InChI=1S/C10H13NO2.C8H9NO2.C3H8.C2H6/c1-7(12)10(11)6-8-2-4-9(13)5-3-8;1-5(10)7-4-6(9)2-3-8(7)11;1-3-2;1-2/h2-5,10,13H,6,11H2,1H3;2-4,11H,9H2,1H3;3H2,1-2H3;1-2H3/t10-;;;/m0.../s1. The summed E-state index contributed by atoms with van der Waals surface area (Å²) in [6.45, 7) is 11.1. The molecule has 0 aromatic heterocycles. The Bertz CT molecular complexity index is 728. The third kappa shape index (κ3) is 13.0. The first-order valence-electron chi connectivity index (χ1n) is 9.75. The van der Waals surface area contributed by atoms with E-state index < -0.39 is 6.04 Å². The minimum Gasteiger partial charge on any atom is -0.508 e. The molecule has 0 aliphatic carbocycles. The van der Waals surface area contributed by atoms with Crippen LogP contribution in [-0.4, -0.2) is 27.8 Å². The Morgan fingerprint density at radius 3 is 1.83 bits per heavy atom. The molecule has 6 nitrogen and oxygen atoms in total. The molecule has 0 spiro atoms. The number of nitrogens with two attached hydrogens (primary N) is 2. The summed E-state index contributed by atoms with van der Waals surface area (Å²) in [6, 6.07) is 10.7. The summed E-state index contributed by atoms with van der Waals surface area (Å²) in [5.74, 6) is -0.00489. The van der Waals surface area contributed by atoms with Crippen LogP contribution in [0.4, 0.5) is 5.69 Å². The Morgan fingerprint density at radius 2 is 1.45 bits per heavy atom. The molecule has 2 aromatic rings. The fourth-order valence-corrected chi connectivity index (χ4v) is 1.87. The number of nitrogen functional groups attached to an aromatic ring is 1. The van der Waals surface area contributed by atoms with Gasteiger partial charge in [-0.1, -0.05) is 46.2 Å². The predicted octanol–water partition coefficient (Wildman–Crippen LogP) is 4.47. The van der Waals surface area contributed by atoms with Gasteiger partial charge in [-0.15, -0.1) is 0 Å². The highest BCUT2D eigenvalue weighted by Crippen LogP contribution is 2.19. The lowest BCUT2D eigenvalue weighted by Gasteiger charge is -2.07. The number of carbonyl (C=O) groups excluding carboxylic acids is 2. The third-order valence-corrected chi connectivity index (χ3v) is 3.31. The van der Waals surface area contributed by atoms with Gasteiger partial charge >= 0.3 is 0 Å². The first kappa shape index (κ1) is 28.4. The fourth-order valence-electron chi connectivity index (χ4n) is 1.87. The number of Topliss-reactive ketones (excluding diaryl/α,β-unsaturated/α-hetero) is 2. The molecule has 0 fully saturated rings. The first-order valence-corrected chi connectivity index (χ1v) is 9.75. The zero-order valence-corrected chi connectivity index (χ0v) is 18.4. The minimum atomic E-state index is -0.440. The van der Waals surface area contributed by atoms with Gasteiger partial charge < -0.3 is 21.7 Å². The van der Waals surface area contributed by atoms with Gasteiger partial charge in [0.15, 0.2) is 5.78 Å². The molecule has 29 heavy (non-hydrogen) atoms. The average molecular weight is 405 g/mol. The second-order valence-electron chi connectivity index (χ2n) is 6.13. The van der Waals surface area contributed by atoms with Gasteiger partial charge in [0.2, 0.25) is 0 Å². The number of phenolic OH excluding ortho intramolecular Hbond substituents is 2. The van der Waals surface area contributed by atoms with Gasteiger partial charge in [0.25, 0.3) is 0 Å². The molecule has 6 heteroatoms. The summed E-state index contributed by atoms with van der Waals surface area (Å²) >= 11 is 0. The monoisotopic (exact) mass is 404 g/mol. The molecular weight excluding hydrogens is 368 g/mol. The highest BCUT2D eigenvalue weighted by Gasteiger charge is 2.08. The molecule has 0 heterocycles. The number of anilines is 1. The molecule has 0 unspecified atom stereocenters. The predicted molar refractivity (Wildman–Crippen MR) is 120 cm³/mol. The van der Waals surface area contributed by atoms with Crippen LogP contribution in [0.3, 0.4) is 0 Å². The van der Waals surface area contributed by atoms with E-state index in [1.165, 1.54) is 32.4 Å². The van der Waals surface area contributed by atoms with Crippen molar-refractivity contribution in [2.75, 3.05) is 5.73 Å². The molecule has 6 N–H and O–H groups in total.